The van der Waals surface area contributed by atoms with Crippen LogP contribution < -0.4 is 11.1 Å². The zero-order valence-electron chi connectivity index (χ0n) is 16.5. The number of carbonyl (C=O) groups is 2. The Bertz CT molecular complexity index is 866. The number of aliphatic hydroxyl groups excluding tert-OH is 1. The van der Waals surface area contributed by atoms with Gasteiger partial charge in [-0.05, 0) is 39.0 Å². The van der Waals surface area contributed by atoms with E-state index in [1.54, 1.807) is 26.1 Å². The third-order valence-corrected chi connectivity index (χ3v) is 4.45. The van der Waals surface area contributed by atoms with E-state index >= 15 is 0 Å². The summed E-state index contributed by atoms with van der Waals surface area (Å²) in [6.45, 7) is 5.07. The summed E-state index contributed by atoms with van der Waals surface area (Å²) >= 11 is 5.79. The molecular weight excluding hydrogens is 403 g/mol. The highest BCUT2D eigenvalue weighted by Crippen LogP contribution is 2.20. The van der Waals surface area contributed by atoms with Crippen LogP contribution in [0.1, 0.15) is 26.3 Å². The van der Waals surface area contributed by atoms with Crippen molar-refractivity contribution in [1.29, 1.82) is 5.41 Å². The van der Waals surface area contributed by atoms with Gasteiger partial charge in [0.2, 0.25) is 0 Å². The van der Waals surface area contributed by atoms with Crippen LogP contribution in [0.3, 0.4) is 0 Å². The molecule has 0 aromatic heterocycles. The van der Waals surface area contributed by atoms with E-state index in [9.17, 15) is 19.1 Å². The molecule has 0 bridgehead atoms. The molecule has 1 aliphatic heterocycles. The van der Waals surface area contributed by atoms with Gasteiger partial charge in [0.05, 0.1) is 30.4 Å². The van der Waals surface area contributed by atoms with E-state index in [0.29, 0.717) is 5.70 Å². The maximum atomic E-state index is 13.5. The predicted octanol–water partition coefficient (Wildman–Crippen LogP) is 0.761. The molecule has 29 heavy (non-hydrogen) atoms. The van der Waals surface area contributed by atoms with Crippen molar-refractivity contribution in [2.45, 2.75) is 32.4 Å². The minimum absolute atomic E-state index is 0.0268. The molecule has 1 atom stereocenters. The number of ether oxygens (including phenoxy) is 1. The molecule has 158 valence electrons. The highest BCUT2D eigenvalue weighted by molar-refractivity contribution is 6.32. The minimum atomic E-state index is -0.885. The number of amides is 2. The fraction of sp³-hybridized carbons (Fsp3) is 0.421. The molecule has 0 aliphatic carbocycles. The lowest BCUT2D eigenvalue weighted by atomic mass is 9.98. The molecule has 1 aromatic rings. The number of rotatable bonds is 4. The zero-order valence-corrected chi connectivity index (χ0v) is 17.2. The Morgan fingerprint density at radius 2 is 2.10 bits per heavy atom. The van der Waals surface area contributed by atoms with Gasteiger partial charge in [0.25, 0.3) is 5.91 Å². The molecule has 1 saturated heterocycles. The molecule has 2 rings (SSSR count). The molecule has 1 fully saturated rings. The van der Waals surface area contributed by atoms with Gasteiger partial charge in [-0.15, -0.1) is 0 Å². The molecule has 0 spiro atoms. The van der Waals surface area contributed by atoms with Crippen molar-refractivity contribution >= 4 is 29.3 Å². The van der Waals surface area contributed by atoms with E-state index in [4.69, 9.17) is 27.5 Å². The number of halogens is 2. The highest BCUT2D eigenvalue weighted by Gasteiger charge is 2.35. The first-order chi connectivity index (χ1) is 13.4. The number of carbonyl (C=O) groups excluding carboxylic acids is 2. The summed E-state index contributed by atoms with van der Waals surface area (Å²) in [5.74, 6) is -1.54. The number of quaternary nitrogens is 1. The van der Waals surface area contributed by atoms with Crippen LogP contribution in [-0.2, 0) is 9.53 Å². The molecule has 8 nitrogen and oxygen atoms in total. The van der Waals surface area contributed by atoms with Gasteiger partial charge in [0.1, 0.15) is 28.7 Å². The van der Waals surface area contributed by atoms with Gasteiger partial charge in [-0.1, -0.05) is 11.6 Å². The second-order valence-corrected chi connectivity index (χ2v) is 8.15. The number of nitrogens with two attached hydrogens (primary N) is 2. The number of nitrogens with one attached hydrogen (secondary N) is 1. The number of piperazine rings is 1. The van der Waals surface area contributed by atoms with Crippen LogP contribution in [0.25, 0.3) is 0 Å². The summed E-state index contributed by atoms with van der Waals surface area (Å²) in [7, 11) is 0. The largest absolute Gasteiger partial charge is 0.444 e. The first kappa shape index (κ1) is 22.8. The third kappa shape index (κ3) is 5.75. The van der Waals surface area contributed by atoms with Crippen molar-refractivity contribution in [3.8, 4) is 0 Å². The van der Waals surface area contributed by atoms with Gasteiger partial charge in [0, 0.05) is 5.56 Å². The fourth-order valence-corrected chi connectivity index (χ4v) is 3.10. The Kier molecular flexibility index (Phi) is 6.99. The lowest BCUT2D eigenvalue weighted by molar-refractivity contribution is -0.655. The lowest BCUT2D eigenvalue weighted by Crippen LogP contribution is -2.95. The Morgan fingerprint density at radius 1 is 1.45 bits per heavy atom. The van der Waals surface area contributed by atoms with Crippen molar-refractivity contribution in [3.05, 3.63) is 45.9 Å². The maximum Gasteiger partial charge on any atom is 0.411 e. The average molecular weight is 428 g/mol. The second-order valence-electron chi connectivity index (χ2n) is 7.74. The van der Waals surface area contributed by atoms with E-state index in [1.165, 1.54) is 17.0 Å². The topological polar surface area (TPSA) is 133 Å². The molecule has 2 amide bonds. The molecule has 1 unspecified atom stereocenters. The third-order valence-electron chi connectivity index (χ3n) is 4.16. The first-order valence-electron chi connectivity index (χ1n) is 8.94. The quantitative estimate of drug-likeness (QED) is 0.417. The summed E-state index contributed by atoms with van der Waals surface area (Å²) in [6, 6.07) is 3.15. The van der Waals surface area contributed by atoms with Crippen molar-refractivity contribution in [2.75, 3.05) is 19.7 Å². The summed E-state index contributed by atoms with van der Waals surface area (Å²) in [6.07, 6.45) is -0.610. The van der Waals surface area contributed by atoms with Gasteiger partial charge < -0.3 is 20.9 Å². The molecule has 1 aromatic carbocycles. The van der Waals surface area contributed by atoms with Crippen LogP contribution in [-0.4, -0.2) is 59.1 Å². The Balaban J connectivity index is 2.44. The van der Waals surface area contributed by atoms with Crippen molar-refractivity contribution in [1.82, 2.24) is 4.90 Å². The first-order valence-corrected chi connectivity index (χ1v) is 9.31. The minimum Gasteiger partial charge on any atom is -0.444 e. The monoisotopic (exact) mass is 427 g/mol. The Labute approximate surface area is 173 Å². The molecule has 10 heteroatoms. The van der Waals surface area contributed by atoms with Crippen molar-refractivity contribution in [3.63, 3.8) is 0 Å². The van der Waals surface area contributed by atoms with Crippen LogP contribution >= 0.6 is 11.6 Å². The SMILES string of the molecule is CC(C)(C)OC(=O)N1C/C(=C(/C(=N)c2ccc(F)c(Cl)c2)C(N)=O)[NH2+]C(CO)C1. The van der Waals surface area contributed by atoms with Crippen LogP contribution in [0.5, 0.6) is 0 Å². The summed E-state index contributed by atoms with van der Waals surface area (Å²) in [5.41, 5.74) is 4.91. The number of hydrogen-bond donors (Lipinski definition) is 4. The van der Waals surface area contributed by atoms with Gasteiger partial charge in [-0.3, -0.25) is 15.1 Å². The van der Waals surface area contributed by atoms with Gasteiger partial charge in [-0.25, -0.2) is 9.18 Å². The molecular formula is C19H25ClFN4O4+. The van der Waals surface area contributed by atoms with Crippen molar-refractivity contribution < 1.29 is 29.1 Å². The van der Waals surface area contributed by atoms with E-state index < -0.39 is 29.5 Å². The summed E-state index contributed by atoms with van der Waals surface area (Å²) in [4.78, 5) is 26.0. The Hall–Kier alpha value is -2.49. The summed E-state index contributed by atoms with van der Waals surface area (Å²) < 4.78 is 18.8. The number of primary amides is 1. The highest BCUT2D eigenvalue weighted by atomic mass is 35.5. The van der Waals surface area contributed by atoms with Gasteiger partial charge in [0.15, 0.2) is 0 Å². The van der Waals surface area contributed by atoms with Gasteiger partial charge in [-0.2, -0.15) is 0 Å². The molecule has 6 N–H and O–H groups in total. The van der Waals surface area contributed by atoms with E-state index in [-0.39, 0.29) is 41.6 Å². The van der Waals surface area contributed by atoms with Crippen LogP contribution in [0.15, 0.2) is 29.5 Å². The molecule has 1 aliphatic rings. The lowest BCUT2D eigenvalue weighted by Gasteiger charge is -2.33. The van der Waals surface area contributed by atoms with Crippen LogP contribution in [0.2, 0.25) is 5.02 Å². The van der Waals surface area contributed by atoms with E-state index in [1.807, 2.05) is 0 Å². The second kappa shape index (κ2) is 8.89. The maximum absolute atomic E-state index is 13.5. The number of aliphatic hydroxyl groups is 1. The molecule has 0 radical (unpaired) electrons. The van der Waals surface area contributed by atoms with Crippen LogP contribution in [0, 0.1) is 11.2 Å². The summed E-state index contributed by atoms with van der Waals surface area (Å²) in [5, 5.41) is 19.4. The number of hydrogen-bond acceptors (Lipinski definition) is 5. The fourth-order valence-electron chi connectivity index (χ4n) is 2.92. The van der Waals surface area contributed by atoms with E-state index in [2.05, 4.69) is 0 Å². The normalized spacial score (nSPS) is 19.0. The smallest absolute Gasteiger partial charge is 0.411 e. The number of nitrogens with zero attached hydrogens (tertiary/aromatic N) is 1. The van der Waals surface area contributed by atoms with Gasteiger partial charge >= 0.3 is 6.09 Å². The average Bonchev–Trinajstić information content (AvgIpc) is 2.62. The number of benzene rings is 1. The molecule has 1 heterocycles. The van der Waals surface area contributed by atoms with Crippen LogP contribution in [0.4, 0.5) is 9.18 Å². The van der Waals surface area contributed by atoms with Crippen molar-refractivity contribution in [2.24, 2.45) is 5.73 Å². The Morgan fingerprint density at radius 3 is 2.62 bits per heavy atom. The van der Waals surface area contributed by atoms with E-state index in [0.717, 1.165) is 6.07 Å². The standard InChI is InChI=1S/C19H24ClFN4O4/c1-19(2,3)29-18(28)25-7-11(9-26)24-14(8-25)15(17(23)27)16(22)10-4-5-13(21)12(20)6-10/h4-6,11,22,24,26H,7-9H2,1-3H3,(H2,23,27)/p+1/b15-14+,22-16?. The molecule has 0 saturated carbocycles. The predicted molar refractivity (Wildman–Crippen MR) is 105 cm³/mol. The zero-order chi connectivity index (χ0) is 21.9.